The average molecular weight is 266 g/mol. The molecule has 0 aliphatic rings. The Labute approximate surface area is 108 Å². The monoisotopic (exact) mass is 266 g/mol. The van der Waals surface area contributed by atoms with Crippen LogP contribution in [0.4, 0.5) is 0 Å². The van der Waals surface area contributed by atoms with E-state index in [0.717, 1.165) is 0 Å². The summed E-state index contributed by atoms with van der Waals surface area (Å²) in [6.07, 6.45) is 0.643. The quantitative estimate of drug-likeness (QED) is 0.925. The number of carbonyl (C=O) groups is 1. The van der Waals surface area contributed by atoms with Gasteiger partial charge in [-0.3, -0.25) is 9.36 Å². The Hall–Kier alpha value is -1.69. The van der Waals surface area contributed by atoms with Gasteiger partial charge in [0.25, 0.3) is 5.56 Å². The van der Waals surface area contributed by atoms with Gasteiger partial charge in [-0.15, -0.1) is 11.3 Å². The highest BCUT2D eigenvalue weighted by atomic mass is 32.1. The number of aryl methyl sites for hydroxylation is 1. The molecule has 5 nitrogen and oxygen atoms in total. The Bertz CT molecular complexity index is 670. The molecule has 0 aliphatic heterocycles. The zero-order valence-electron chi connectivity index (χ0n) is 10.4. The molecule has 0 unspecified atom stereocenters. The summed E-state index contributed by atoms with van der Waals surface area (Å²) >= 11 is 1.20. The molecule has 2 aromatic rings. The van der Waals surface area contributed by atoms with E-state index in [-0.39, 0.29) is 22.6 Å². The Balaban J connectivity index is 2.91. The van der Waals surface area contributed by atoms with Crippen molar-refractivity contribution in [1.82, 2.24) is 9.55 Å². The van der Waals surface area contributed by atoms with Crippen molar-refractivity contribution >= 4 is 27.5 Å². The lowest BCUT2D eigenvalue weighted by Gasteiger charge is -2.14. The fraction of sp³-hybridized carbons (Fsp3) is 0.417. The van der Waals surface area contributed by atoms with Gasteiger partial charge < -0.3 is 5.11 Å². The second kappa shape index (κ2) is 4.53. The van der Waals surface area contributed by atoms with Gasteiger partial charge in [-0.05, 0) is 13.8 Å². The van der Waals surface area contributed by atoms with E-state index in [2.05, 4.69) is 4.98 Å². The van der Waals surface area contributed by atoms with Gasteiger partial charge in [0.15, 0.2) is 0 Å². The molecule has 0 saturated heterocycles. The van der Waals surface area contributed by atoms with Crippen LogP contribution in [0.5, 0.6) is 0 Å². The van der Waals surface area contributed by atoms with E-state index >= 15 is 0 Å². The molecule has 0 radical (unpaired) electrons. The van der Waals surface area contributed by atoms with E-state index in [1.807, 2.05) is 20.8 Å². The average Bonchev–Trinajstić information content (AvgIpc) is 2.72. The number of nitrogens with zero attached hydrogens (tertiary/aromatic N) is 2. The van der Waals surface area contributed by atoms with Crippen LogP contribution in [-0.2, 0) is 6.42 Å². The lowest BCUT2D eigenvalue weighted by atomic mass is 10.2. The van der Waals surface area contributed by atoms with Crippen molar-refractivity contribution < 1.29 is 9.90 Å². The first-order valence-corrected chi connectivity index (χ1v) is 6.61. The molecule has 2 rings (SSSR count). The predicted octanol–water partition coefficient (Wildman–Crippen LogP) is 2.30. The number of thiophene rings is 1. The molecular weight excluding hydrogens is 252 g/mol. The SMILES string of the molecule is CCc1nc2scc(C(=O)O)c2c(=O)n1C(C)C. The van der Waals surface area contributed by atoms with Crippen LogP contribution in [0.1, 0.15) is 43.0 Å². The maximum atomic E-state index is 12.4. The minimum absolute atomic E-state index is 0.0362. The highest BCUT2D eigenvalue weighted by Crippen LogP contribution is 2.22. The molecule has 0 fully saturated rings. The number of carboxylic acid groups (broad SMARTS) is 1. The lowest BCUT2D eigenvalue weighted by Crippen LogP contribution is -2.27. The van der Waals surface area contributed by atoms with Crippen LogP contribution in [0.15, 0.2) is 10.2 Å². The normalized spacial score (nSPS) is 11.3. The molecule has 1 N–H and O–H groups in total. The molecule has 0 atom stereocenters. The standard InChI is InChI=1S/C12H14N2O3S/c1-4-8-13-10-9(7(5-18-10)12(16)17)11(15)14(8)6(2)3/h5-6H,4H2,1-3H3,(H,16,17). The van der Waals surface area contributed by atoms with Gasteiger partial charge in [0.05, 0.1) is 10.9 Å². The van der Waals surface area contributed by atoms with Crippen LogP contribution in [0.3, 0.4) is 0 Å². The Kier molecular flexibility index (Phi) is 3.21. The van der Waals surface area contributed by atoms with E-state index in [1.54, 1.807) is 4.57 Å². The predicted molar refractivity (Wildman–Crippen MR) is 70.6 cm³/mol. The summed E-state index contributed by atoms with van der Waals surface area (Å²) in [5.74, 6) is -0.388. The molecule has 0 saturated carbocycles. The highest BCUT2D eigenvalue weighted by Gasteiger charge is 2.19. The molecular formula is C12H14N2O3S. The van der Waals surface area contributed by atoms with Crippen LogP contribution in [0.2, 0.25) is 0 Å². The second-order valence-corrected chi connectivity index (χ2v) is 5.14. The van der Waals surface area contributed by atoms with Gasteiger partial charge in [-0.25, -0.2) is 9.78 Å². The first-order valence-electron chi connectivity index (χ1n) is 5.73. The molecule has 0 aliphatic carbocycles. The summed E-state index contributed by atoms with van der Waals surface area (Å²) in [7, 11) is 0. The van der Waals surface area contributed by atoms with Gasteiger partial charge in [-0.2, -0.15) is 0 Å². The number of rotatable bonds is 3. The number of hydrogen-bond donors (Lipinski definition) is 1. The van der Waals surface area contributed by atoms with Crippen molar-refractivity contribution in [3.63, 3.8) is 0 Å². The van der Waals surface area contributed by atoms with Gasteiger partial charge >= 0.3 is 5.97 Å². The molecule has 96 valence electrons. The summed E-state index contributed by atoms with van der Waals surface area (Å²) in [6, 6.07) is -0.0362. The molecule has 2 aromatic heterocycles. The molecule has 0 aromatic carbocycles. The van der Waals surface area contributed by atoms with E-state index in [0.29, 0.717) is 17.1 Å². The van der Waals surface area contributed by atoms with Crippen molar-refractivity contribution in [2.24, 2.45) is 0 Å². The maximum Gasteiger partial charge on any atom is 0.337 e. The number of aromatic nitrogens is 2. The van der Waals surface area contributed by atoms with Crippen molar-refractivity contribution in [3.8, 4) is 0 Å². The fourth-order valence-corrected chi connectivity index (χ4v) is 2.91. The Morgan fingerprint density at radius 1 is 1.56 bits per heavy atom. The summed E-state index contributed by atoms with van der Waals surface area (Å²) in [6.45, 7) is 5.71. The van der Waals surface area contributed by atoms with Crippen LogP contribution in [0, 0.1) is 0 Å². The zero-order chi connectivity index (χ0) is 13.4. The largest absolute Gasteiger partial charge is 0.478 e. The van der Waals surface area contributed by atoms with Gasteiger partial charge in [0.2, 0.25) is 0 Å². The first kappa shape index (κ1) is 12.8. The number of aromatic carboxylic acids is 1. The summed E-state index contributed by atoms with van der Waals surface area (Å²) in [5, 5.41) is 10.8. The zero-order valence-corrected chi connectivity index (χ0v) is 11.2. The highest BCUT2D eigenvalue weighted by molar-refractivity contribution is 7.17. The minimum atomic E-state index is -1.08. The van der Waals surface area contributed by atoms with Crippen molar-refractivity contribution in [1.29, 1.82) is 0 Å². The van der Waals surface area contributed by atoms with Gasteiger partial charge in [-0.1, -0.05) is 6.92 Å². The van der Waals surface area contributed by atoms with E-state index in [1.165, 1.54) is 16.7 Å². The van der Waals surface area contributed by atoms with E-state index in [9.17, 15) is 9.59 Å². The third-order valence-corrected chi connectivity index (χ3v) is 3.65. The van der Waals surface area contributed by atoms with Crippen LogP contribution >= 0.6 is 11.3 Å². The second-order valence-electron chi connectivity index (χ2n) is 4.29. The fourth-order valence-electron chi connectivity index (χ4n) is 1.98. The topological polar surface area (TPSA) is 72.2 Å². The summed E-state index contributed by atoms with van der Waals surface area (Å²) in [5.41, 5.74) is -0.213. The molecule has 2 heterocycles. The van der Waals surface area contributed by atoms with Crippen LogP contribution in [-0.4, -0.2) is 20.6 Å². The molecule has 6 heteroatoms. The van der Waals surface area contributed by atoms with E-state index < -0.39 is 5.97 Å². The summed E-state index contributed by atoms with van der Waals surface area (Å²) in [4.78, 5) is 28.4. The van der Waals surface area contributed by atoms with Crippen molar-refractivity contribution in [2.45, 2.75) is 33.2 Å². The van der Waals surface area contributed by atoms with Gasteiger partial charge in [0.1, 0.15) is 10.7 Å². The Morgan fingerprint density at radius 2 is 2.22 bits per heavy atom. The van der Waals surface area contributed by atoms with Crippen LogP contribution < -0.4 is 5.56 Å². The molecule has 18 heavy (non-hydrogen) atoms. The molecule has 0 bridgehead atoms. The Morgan fingerprint density at radius 3 is 2.72 bits per heavy atom. The first-order chi connectivity index (χ1) is 8.47. The van der Waals surface area contributed by atoms with Gasteiger partial charge in [0, 0.05) is 17.8 Å². The van der Waals surface area contributed by atoms with Crippen molar-refractivity contribution in [3.05, 3.63) is 27.1 Å². The third-order valence-electron chi connectivity index (χ3n) is 2.78. The van der Waals surface area contributed by atoms with Crippen molar-refractivity contribution in [2.75, 3.05) is 0 Å². The van der Waals surface area contributed by atoms with Crippen LogP contribution in [0.25, 0.3) is 10.2 Å². The number of hydrogen-bond acceptors (Lipinski definition) is 4. The van der Waals surface area contributed by atoms with E-state index in [4.69, 9.17) is 5.11 Å². The lowest BCUT2D eigenvalue weighted by molar-refractivity contribution is 0.0699. The number of carboxylic acids is 1. The smallest absolute Gasteiger partial charge is 0.337 e. The molecule has 0 spiro atoms. The third kappa shape index (κ3) is 1.82. The minimum Gasteiger partial charge on any atom is -0.478 e. The summed E-state index contributed by atoms with van der Waals surface area (Å²) < 4.78 is 1.57. The maximum absolute atomic E-state index is 12.4. The number of fused-ring (bicyclic) bond motifs is 1. The molecule has 0 amide bonds.